The van der Waals surface area contributed by atoms with E-state index in [2.05, 4.69) is 26.1 Å². The fraction of sp³-hybridized carbons (Fsp3) is 1.00. The Hall–Kier alpha value is -0.0800. The summed E-state index contributed by atoms with van der Waals surface area (Å²) in [6, 6.07) is 0. The first-order valence-electron chi connectivity index (χ1n) is 5.61. The second-order valence-corrected chi connectivity index (χ2v) is 5.64. The summed E-state index contributed by atoms with van der Waals surface area (Å²) in [4.78, 5) is 0. The average molecular weight is 199 g/mol. The van der Waals surface area contributed by atoms with Gasteiger partial charge in [0.05, 0.1) is 6.61 Å². The van der Waals surface area contributed by atoms with Gasteiger partial charge in [-0.1, -0.05) is 20.8 Å². The van der Waals surface area contributed by atoms with Crippen LogP contribution in [0.5, 0.6) is 0 Å². The lowest BCUT2D eigenvalue weighted by Crippen LogP contribution is -2.48. The van der Waals surface area contributed by atoms with Gasteiger partial charge in [0.25, 0.3) is 0 Å². The van der Waals surface area contributed by atoms with Gasteiger partial charge in [0.2, 0.25) is 0 Å². The molecular weight excluding hydrogens is 174 g/mol. The molecule has 0 heterocycles. The quantitative estimate of drug-likeness (QED) is 0.733. The van der Waals surface area contributed by atoms with E-state index >= 15 is 0 Å². The van der Waals surface area contributed by atoms with Gasteiger partial charge in [0.15, 0.2) is 0 Å². The minimum atomic E-state index is 0.313. The summed E-state index contributed by atoms with van der Waals surface area (Å²) in [5.41, 5.74) is 0.629. The molecule has 1 aliphatic carbocycles. The van der Waals surface area contributed by atoms with Crippen LogP contribution in [-0.2, 0) is 4.74 Å². The molecule has 84 valence electrons. The van der Waals surface area contributed by atoms with Crippen LogP contribution in [0.3, 0.4) is 0 Å². The molecule has 0 saturated heterocycles. The Morgan fingerprint density at radius 1 is 1.29 bits per heavy atom. The summed E-state index contributed by atoms with van der Waals surface area (Å²) < 4.78 is 5.45. The van der Waals surface area contributed by atoms with Crippen molar-refractivity contribution >= 4 is 0 Å². The van der Waals surface area contributed by atoms with Gasteiger partial charge in [-0.25, -0.2) is 0 Å². The Morgan fingerprint density at radius 2 is 1.86 bits per heavy atom. The third kappa shape index (κ3) is 2.12. The van der Waals surface area contributed by atoms with Crippen LogP contribution < -0.4 is 5.32 Å². The number of nitrogens with one attached hydrogen (secondary N) is 1. The Kier molecular flexibility index (Phi) is 3.59. The molecule has 0 spiro atoms. The zero-order chi connectivity index (χ0) is 10.8. The summed E-state index contributed by atoms with van der Waals surface area (Å²) in [6.07, 6.45) is 2.75. The molecule has 0 aromatic carbocycles. The van der Waals surface area contributed by atoms with E-state index in [1.54, 1.807) is 0 Å². The highest BCUT2D eigenvalue weighted by Gasteiger charge is 2.51. The number of hydrogen-bond acceptors (Lipinski definition) is 2. The molecule has 1 unspecified atom stereocenters. The predicted octanol–water partition coefficient (Wildman–Crippen LogP) is 2.29. The van der Waals surface area contributed by atoms with Crippen LogP contribution in [0, 0.1) is 16.7 Å². The number of hydrogen-bond donors (Lipinski definition) is 1. The van der Waals surface area contributed by atoms with Crippen LogP contribution in [0.15, 0.2) is 0 Å². The highest BCUT2D eigenvalue weighted by Crippen LogP contribution is 2.54. The van der Waals surface area contributed by atoms with Crippen molar-refractivity contribution < 1.29 is 4.74 Å². The third-order valence-electron chi connectivity index (χ3n) is 3.75. The molecule has 0 aromatic heterocycles. The highest BCUT2D eigenvalue weighted by atomic mass is 16.5. The fourth-order valence-corrected chi connectivity index (χ4v) is 2.62. The molecule has 14 heavy (non-hydrogen) atoms. The first kappa shape index (κ1) is 12.0. The lowest BCUT2D eigenvalue weighted by atomic mass is 9.63. The van der Waals surface area contributed by atoms with Gasteiger partial charge in [0, 0.05) is 19.1 Å². The molecule has 2 heteroatoms. The molecule has 1 atom stereocenters. The Bertz CT molecular complexity index is 173. The zero-order valence-electron chi connectivity index (χ0n) is 10.3. The zero-order valence-corrected chi connectivity index (χ0v) is 10.3. The van der Waals surface area contributed by atoms with Gasteiger partial charge in [-0.15, -0.1) is 0 Å². The molecule has 0 amide bonds. The number of rotatable bonds is 5. The van der Waals surface area contributed by atoms with Crippen molar-refractivity contribution in [2.75, 3.05) is 27.3 Å². The first-order chi connectivity index (χ1) is 6.48. The molecule has 0 bridgehead atoms. The number of methoxy groups -OCH3 is 1. The highest BCUT2D eigenvalue weighted by molar-refractivity contribution is 5.02. The van der Waals surface area contributed by atoms with Gasteiger partial charge in [-0.3, -0.25) is 0 Å². The van der Waals surface area contributed by atoms with E-state index in [4.69, 9.17) is 4.74 Å². The van der Waals surface area contributed by atoms with Crippen molar-refractivity contribution in [2.24, 2.45) is 16.7 Å². The predicted molar refractivity (Wildman–Crippen MR) is 60.4 cm³/mol. The SMILES string of the molecule is CNCC(COC)(C1CC1)C(C)(C)C. The van der Waals surface area contributed by atoms with Crippen molar-refractivity contribution in [1.29, 1.82) is 0 Å². The van der Waals surface area contributed by atoms with Crippen LogP contribution >= 0.6 is 0 Å². The topological polar surface area (TPSA) is 21.3 Å². The van der Waals surface area contributed by atoms with E-state index in [1.807, 2.05) is 14.2 Å². The fourth-order valence-electron chi connectivity index (χ4n) is 2.62. The molecule has 2 nitrogen and oxygen atoms in total. The largest absolute Gasteiger partial charge is 0.384 e. The van der Waals surface area contributed by atoms with E-state index in [0.29, 0.717) is 10.8 Å². The van der Waals surface area contributed by atoms with E-state index in [0.717, 1.165) is 19.1 Å². The third-order valence-corrected chi connectivity index (χ3v) is 3.75. The first-order valence-corrected chi connectivity index (χ1v) is 5.61. The van der Waals surface area contributed by atoms with Crippen LogP contribution in [0.25, 0.3) is 0 Å². The molecule has 0 aromatic rings. The average Bonchev–Trinajstić information content (AvgIpc) is 2.84. The molecule has 1 aliphatic rings. The van der Waals surface area contributed by atoms with Crippen LogP contribution in [0.4, 0.5) is 0 Å². The monoisotopic (exact) mass is 199 g/mol. The van der Waals surface area contributed by atoms with Crippen LogP contribution in [0.2, 0.25) is 0 Å². The molecule has 0 aliphatic heterocycles. The van der Waals surface area contributed by atoms with Gasteiger partial charge >= 0.3 is 0 Å². The van der Waals surface area contributed by atoms with E-state index < -0.39 is 0 Å². The van der Waals surface area contributed by atoms with Crippen molar-refractivity contribution in [3.63, 3.8) is 0 Å². The normalized spacial score (nSPS) is 22.1. The summed E-state index contributed by atoms with van der Waals surface area (Å²) in [7, 11) is 3.86. The second kappa shape index (κ2) is 4.19. The second-order valence-electron chi connectivity index (χ2n) is 5.64. The van der Waals surface area contributed by atoms with Gasteiger partial charge in [-0.05, 0) is 31.2 Å². The lowest BCUT2D eigenvalue weighted by Gasteiger charge is -2.45. The summed E-state index contributed by atoms with van der Waals surface area (Å²) >= 11 is 0. The molecular formula is C12H25NO. The Labute approximate surface area is 88.4 Å². The van der Waals surface area contributed by atoms with E-state index in [9.17, 15) is 0 Å². The van der Waals surface area contributed by atoms with Crippen LogP contribution in [0.1, 0.15) is 33.6 Å². The van der Waals surface area contributed by atoms with E-state index in [-0.39, 0.29) is 0 Å². The maximum atomic E-state index is 5.45. The molecule has 1 saturated carbocycles. The maximum Gasteiger partial charge on any atom is 0.0538 e. The lowest BCUT2D eigenvalue weighted by molar-refractivity contribution is -0.0230. The van der Waals surface area contributed by atoms with Crippen molar-refractivity contribution in [3.05, 3.63) is 0 Å². The van der Waals surface area contributed by atoms with E-state index in [1.165, 1.54) is 12.8 Å². The molecule has 1 rings (SSSR count). The standard InChI is InChI=1S/C12H25NO/c1-11(2,3)12(8-13-4,9-14-5)10-6-7-10/h10,13H,6-9H2,1-5H3. The number of ether oxygens (including phenoxy) is 1. The molecule has 1 fully saturated rings. The Morgan fingerprint density at radius 3 is 2.14 bits per heavy atom. The smallest absolute Gasteiger partial charge is 0.0538 e. The van der Waals surface area contributed by atoms with Crippen molar-refractivity contribution in [2.45, 2.75) is 33.6 Å². The van der Waals surface area contributed by atoms with Gasteiger partial charge in [0.1, 0.15) is 0 Å². The Balaban J connectivity index is 2.83. The minimum absolute atomic E-state index is 0.313. The van der Waals surface area contributed by atoms with Crippen LogP contribution in [-0.4, -0.2) is 27.3 Å². The minimum Gasteiger partial charge on any atom is -0.384 e. The van der Waals surface area contributed by atoms with Crippen molar-refractivity contribution in [3.8, 4) is 0 Å². The summed E-state index contributed by atoms with van der Waals surface area (Å²) in [6.45, 7) is 8.95. The van der Waals surface area contributed by atoms with Gasteiger partial charge < -0.3 is 10.1 Å². The molecule has 0 radical (unpaired) electrons. The van der Waals surface area contributed by atoms with Crippen molar-refractivity contribution in [1.82, 2.24) is 5.32 Å². The summed E-state index contributed by atoms with van der Waals surface area (Å²) in [5, 5.41) is 3.34. The summed E-state index contributed by atoms with van der Waals surface area (Å²) in [5.74, 6) is 0.856. The maximum absolute atomic E-state index is 5.45. The molecule has 1 N–H and O–H groups in total. The van der Waals surface area contributed by atoms with Gasteiger partial charge in [-0.2, -0.15) is 0 Å².